The smallest absolute Gasteiger partial charge is 0.245 e. The van der Waals surface area contributed by atoms with Crippen LogP contribution in [0.4, 0.5) is 0 Å². The number of ketones is 1. The lowest BCUT2D eigenvalue weighted by atomic mass is 9.89. The summed E-state index contributed by atoms with van der Waals surface area (Å²) in [7, 11) is 11.4. The molecule has 4 amide bonds. The van der Waals surface area contributed by atoms with Crippen molar-refractivity contribution in [2.45, 2.75) is 110 Å². The van der Waals surface area contributed by atoms with Gasteiger partial charge in [-0.15, -0.1) is 0 Å². The molecule has 2 unspecified atom stereocenters. The van der Waals surface area contributed by atoms with Crippen LogP contribution in [-0.2, 0) is 28.7 Å². The van der Waals surface area contributed by atoms with E-state index < -0.39 is 48.2 Å². The average Bonchev–Trinajstić information content (AvgIpc) is 3.55. The van der Waals surface area contributed by atoms with Crippen molar-refractivity contribution in [2.24, 2.45) is 29.4 Å². The van der Waals surface area contributed by atoms with E-state index in [1.807, 2.05) is 60.5 Å². The Morgan fingerprint density at radius 1 is 0.893 bits per heavy atom. The number of nitrogens with one attached hydrogen (secondary N) is 2. The summed E-state index contributed by atoms with van der Waals surface area (Å²) in [6.45, 7) is 13.4. The average molecular weight is 791 g/mol. The fourth-order valence-electron chi connectivity index (χ4n) is 7.91. The van der Waals surface area contributed by atoms with Gasteiger partial charge in [-0.25, -0.2) is 0 Å². The standard InChI is InChI=1S/C41H70N6O9/c1-15-25(6)37(46(10)41(52)35(23(2)3)44-40(51)36(24(4)5)45(8)9)33(55-13)20-34(49)47-22-28(42)19-29(47)38(56-14)26(7)39(50)43-21-30(48)27-16-17-31(53-11)32(18-27)54-12/h16-18,23-26,28-29,33,35-38H,15,19-22,42H2,1-14H3,(H,43,50)(H,44,51)/t25-,26+,28-,29-,33+,35-,36?,37?,38+/m0/s1. The number of amides is 4. The van der Waals surface area contributed by atoms with Gasteiger partial charge >= 0.3 is 0 Å². The Bertz CT molecular complexity index is 1460. The van der Waals surface area contributed by atoms with Gasteiger partial charge in [-0.3, -0.25) is 28.9 Å². The lowest BCUT2D eigenvalue weighted by molar-refractivity contribution is -0.148. The minimum absolute atomic E-state index is 0.0272. The molecule has 0 radical (unpaired) electrons. The molecule has 1 fully saturated rings. The quantitative estimate of drug-likeness (QED) is 0.147. The zero-order valence-corrected chi connectivity index (χ0v) is 36.2. The van der Waals surface area contributed by atoms with E-state index in [2.05, 4.69) is 10.6 Å². The molecule has 318 valence electrons. The maximum atomic E-state index is 14.3. The summed E-state index contributed by atoms with van der Waals surface area (Å²) < 4.78 is 22.4. The van der Waals surface area contributed by atoms with Crippen LogP contribution in [0.25, 0.3) is 0 Å². The number of carbonyl (C=O) groups is 5. The van der Waals surface area contributed by atoms with E-state index in [-0.39, 0.29) is 66.8 Å². The first-order chi connectivity index (χ1) is 26.3. The van der Waals surface area contributed by atoms with E-state index in [0.29, 0.717) is 29.9 Å². The molecule has 1 heterocycles. The lowest BCUT2D eigenvalue weighted by Gasteiger charge is -2.41. The van der Waals surface area contributed by atoms with Crippen molar-refractivity contribution in [3.8, 4) is 11.5 Å². The monoisotopic (exact) mass is 791 g/mol. The Balaban J connectivity index is 2.27. The SMILES string of the molecule is CC[C@H](C)C([C@@H](CC(=O)N1C[C@@H](N)C[C@H]1[C@H](OC)[C@@H](C)C(=O)NCC(=O)c1ccc(OC)c(OC)c1)OC)N(C)C(=O)[C@@H](NC(=O)C(C(C)C)N(C)C)C(C)C. The Morgan fingerprint density at radius 3 is 2.02 bits per heavy atom. The van der Waals surface area contributed by atoms with Crippen LogP contribution < -0.4 is 25.8 Å². The number of Topliss-reactive ketones (excluding diaryl/α,β-unsaturated/α-hetero) is 1. The Morgan fingerprint density at radius 2 is 1.52 bits per heavy atom. The van der Waals surface area contributed by atoms with Crippen LogP contribution in [0.3, 0.4) is 0 Å². The molecule has 2 rings (SSSR count). The third-order valence-corrected chi connectivity index (χ3v) is 11.2. The Labute approximate surface area is 334 Å². The second kappa shape index (κ2) is 22.2. The van der Waals surface area contributed by atoms with Gasteiger partial charge in [0.15, 0.2) is 17.3 Å². The van der Waals surface area contributed by atoms with Crippen LogP contribution in [0.5, 0.6) is 11.5 Å². The second-order valence-corrected chi connectivity index (χ2v) is 16.0. The fourth-order valence-corrected chi connectivity index (χ4v) is 7.91. The van der Waals surface area contributed by atoms with E-state index in [4.69, 9.17) is 24.7 Å². The van der Waals surface area contributed by atoms with Crippen LogP contribution in [0.2, 0.25) is 0 Å². The molecule has 4 N–H and O–H groups in total. The fraction of sp³-hybridized carbons (Fsp3) is 0.732. The van der Waals surface area contributed by atoms with Gasteiger partial charge in [0, 0.05) is 39.4 Å². The molecule has 1 aliphatic rings. The van der Waals surface area contributed by atoms with Crippen molar-refractivity contribution < 1.29 is 42.9 Å². The van der Waals surface area contributed by atoms with Crippen molar-refractivity contribution in [1.82, 2.24) is 25.3 Å². The van der Waals surface area contributed by atoms with Gasteiger partial charge < -0.3 is 45.1 Å². The predicted octanol–water partition coefficient (Wildman–Crippen LogP) is 2.59. The van der Waals surface area contributed by atoms with E-state index >= 15 is 0 Å². The zero-order valence-electron chi connectivity index (χ0n) is 36.2. The first-order valence-corrected chi connectivity index (χ1v) is 19.7. The molecule has 1 saturated heterocycles. The highest BCUT2D eigenvalue weighted by molar-refractivity contribution is 6.00. The minimum Gasteiger partial charge on any atom is -0.493 e. The summed E-state index contributed by atoms with van der Waals surface area (Å²) in [4.78, 5) is 73.5. The second-order valence-electron chi connectivity index (χ2n) is 16.0. The van der Waals surface area contributed by atoms with Gasteiger partial charge in [0.25, 0.3) is 0 Å². The molecule has 0 spiro atoms. The molecule has 9 atom stereocenters. The van der Waals surface area contributed by atoms with Gasteiger partial charge in [0.1, 0.15) is 6.04 Å². The molecule has 0 aromatic heterocycles. The van der Waals surface area contributed by atoms with Crippen LogP contribution in [0, 0.1) is 23.7 Å². The van der Waals surface area contributed by atoms with E-state index in [9.17, 15) is 24.0 Å². The molecule has 0 saturated carbocycles. The van der Waals surface area contributed by atoms with Crippen LogP contribution in [0.15, 0.2) is 18.2 Å². The number of likely N-dealkylation sites (N-methyl/N-ethyl adjacent to an activating group) is 2. The summed E-state index contributed by atoms with van der Waals surface area (Å²) in [5.74, 6) is -1.58. The molecule has 1 aromatic rings. The van der Waals surface area contributed by atoms with Gasteiger partial charge in [-0.1, -0.05) is 54.9 Å². The highest BCUT2D eigenvalue weighted by Gasteiger charge is 2.45. The number of ether oxygens (including phenoxy) is 4. The van der Waals surface area contributed by atoms with Crippen molar-refractivity contribution in [3.63, 3.8) is 0 Å². The molecular formula is C41H70N6O9. The predicted molar refractivity (Wildman–Crippen MR) is 215 cm³/mol. The summed E-state index contributed by atoms with van der Waals surface area (Å²) in [6.07, 6.45) is -0.377. The van der Waals surface area contributed by atoms with Crippen molar-refractivity contribution >= 4 is 29.4 Å². The van der Waals surface area contributed by atoms with E-state index in [0.717, 1.165) is 0 Å². The van der Waals surface area contributed by atoms with E-state index in [1.54, 1.807) is 42.0 Å². The Hall–Kier alpha value is -3.79. The summed E-state index contributed by atoms with van der Waals surface area (Å²) in [6, 6.07) is 2.18. The van der Waals surface area contributed by atoms with Crippen molar-refractivity contribution in [1.29, 1.82) is 0 Å². The first-order valence-electron chi connectivity index (χ1n) is 19.7. The summed E-state index contributed by atoms with van der Waals surface area (Å²) in [5, 5.41) is 5.74. The summed E-state index contributed by atoms with van der Waals surface area (Å²) >= 11 is 0. The molecule has 0 aliphatic carbocycles. The van der Waals surface area contributed by atoms with Crippen LogP contribution in [0.1, 0.15) is 78.1 Å². The number of likely N-dealkylation sites (tertiary alicyclic amines) is 1. The normalized spacial score (nSPS) is 19.5. The first kappa shape index (κ1) is 48.4. The van der Waals surface area contributed by atoms with Crippen molar-refractivity contribution in [3.05, 3.63) is 23.8 Å². The maximum absolute atomic E-state index is 14.3. The van der Waals surface area contributed by atoms with Crippen LogP contribution >= 0.6 is 0 Å². The largest absolute Gasteiger partial charge is 0.493 e. The van der Waals surface area contributed by atoms with Crippen molar-refractivity contribution in [2.75, 3.05) is 62.7 Å². The molecule has 1 aromatic carbocycles. The van der Waals surface area contributed by atoms with Crippen LogP contribution in [-0.4, -0.2) is 149 Å². The molecular weight excluding hydrogens is 720 g/mol. The van der Waals surface area contributed by atoms with Gasteiger partial charge in [0.05, 0.1) is 63.4 Å². The van der Waals surface area contributed by atoms with E-state index in [1.165, 1.54) is 28.4 Å². The molecule has 56 heavy (non-hydrogen) atoms. The topological polar surface area (TPSA) is 182 Å². The molecule has 15 nitrogen and oxygen atoms in total. The van der Waals surface area contributed by atoms with Gasteiger partial charge in [0.2, 0.25) is 23.6 Å². The number of benzene rings is 1. The van der Waals surface area contributed by atoms with Gasteiger partial charge in [-0.2, -0.15) is 0 Å². The number of nitrogens with zero attached hydrogens (tertiary/aromatic N) is 3. The number of methoxy groups -OCH3 is 4. The molecule has 1 aliphatic heterocycles. The number of rotatable bonds is 22. The summed E-state index contributed by atoms with van der Waals surface area (Å²) in [5.41, 5.74) is 6.78. The highest BCUT2D eigenvalue weighted by Crippen LogP contribution is 2.30. The number of hydrogen-bond acceptors (Lipinski definition) is 11. The highest BCUT2D eigenvalue weighted by atomic mass is 16.5. The third kappa shape index (κ3) is 12.1. The zero-order chi connectivity index (χ0) is 42.6. The maximum Gasteiger partial charge on any atom is 0.245 e. The number of nitrogens with two attached hydrogens (primary N) is 1. The number of carbonyl (C=O) groups excluding carboxylic acids is 5. The molecule has 15 heteroatoms. The minimum atomic E-state index is -0.793. The lowest BCUT2D eigenvalue weighted by Crippen LogP contribution is -2.59. The third-order valence-electron chi connectivity index (χ3n) is 11.2. The Kier molecular flexibility index (Phi) is 19.2. The van der Waals surface area contributed by atoms with Gasteiger partial charge in [-0.05, 0) is 56.5 Å². The number of hydrogen-bond donors (Lipinski definition) is 3. The molecule has 0 bridgehead atoms.